The highest BCUT2D eigenvalue weighted by Gasteiger charge is 2.17. The summed E-state index contributed by atoms with van der Waals surface area (Å²) in [6.07, 6.45) is 0. The van der Waals surface area contributed by atoms with Gasteiger partial charge >= 0.3 is 12.0 Å². The van der Waals surface area contributed by atoms with Crippen molar-refractivity contribution in [2.45, 2.75) is 0 Å². The number of rotatable bonds is 3. The van der Waals surface area contributed by atoms with E-state index in [1.54, 1.807) is 42.5 Å². The van der Waals surface area contributed by atoms with Crippen LogP contribution < -0.4 is 10.2 Å². The van der Waals surface area contributed by atoms with Gasteiger partial charge in [-0.15, -0.1) is 0 Å². The average molecular weight is 305 g/mol. The number of para-hydroxylation sites is 1. The summed E-state index contributed by atoms with van der Waals surface area (Å²) in [4.78, 5) is 24.6. The number of amides is 2. The molecule has 21 heavy (non-hydrogen) atoms. The Bertz CT molecular complexity index is 671. The molecule has 2 aromatic carbocycles. The van der Waals surface area contributed by atoms with E-state index >= 15 is 0 Å². The van der Waals surface area contributed by atoms with Gasteiger partial charge in [-0.05, 0) is 36.4 Å². The van der Waals surface area contributed by atoms with Crippen LogP contribution in [0.4, 0.5) is 16.2 Å². The first-order valence-corrected chi connectivity index (χ1v) is 6.49. The largest absolute Gasteiger partial charge is 0.478 e. The maximum atomic E-state index is 12.2. The van der Waals surface area contributed by atoms with Crippen molar-refractivity contribution in [1.29, 1.82) is 0 Å². The van der Waals surface area contributed by atoms with Crippen molar-refractivity contribution >= 4 is 35.0 Å². The highest BCUT2D eigenvalue weighted by molar-refractivity contribution is 6.30. The third-order valence-corrected chi connectivity index (χ3v) is 3.15. The van der Waals surface area contributed by atoms with E-state index < -0.39 is 12.0 Å². The van der Waals surface area contributed by atoms with Gasteiger partial charge in [-0.1, -0.05) is 23.7 Å². The SMILES string of the molecule is CN(C(=O)Nc1ccc(Cl)cc1)c1ccccc1C(=O)O. The van der Waals surface area contributed by atoms with E-state index in [2.05, 4.69) is 5.32 Å². The normalized spacial score (nSPS) is 10.0. The fourth-order valence-corrected chi connectivity index (χ4v) is 1.92. The molecule has 0 atom stereocenters. The van der Waals surface area contributed by atoms with Crippen LogP contribution in [0.5, 0.6) is 0 Å². The van der Waals surface area contributed by atoms with E-state index in [0.717, 1.165) is 0 Å². The van der Waals surface area contributed by atoms with E-state index in [-0.39, 0.29) is 5.56 Å². The lowest BCUT2D eigenvalue weighted by atomic mass is 10.1. The van der Waals surface area contributed by atoms with Gasteiger partial charge in [0, 0.05) is 17.8 Å². The van der Waals surface area contributed by atoms with Crippen LogP contribution in [0.1, 0.15) is 10.4 Å². The number of nitrogens with one attached hydrogen (secondary N) is 1. The first-order chi connectivity index (χ1) is 9.99. The Labute approximate surface area is 126 Å². The maximum absolute atomic E-state index is 12.2. The molecule has 6 heteroatoms. The quantitative estimate of drug-likeness (QED) is 0.908. The number of halogens is 1. The number of carboxylic acids is 1. The molecule has 0 radical (unpaired) electrons. The molecular formula is C15H13ClN2O3. The lowest BCUT2D eigenvalue weighted by Crippen LogP contribution is -2.32. The summed E-state index contributed by atoms with van der Waals surface area (Å²) in [5.41, 5.74) is 0.951. The molecule has 0 aliphatic heterocycles. The highest BCUT2D eigenvalue weighted by atomic mass is 35.5. The van der Waals surface area contributed by atoms with Gasteiger partial charge in [0.25, 0.3) is 0 Å². The van der Waals surface area contributed by atoms with Crippen molar-refractivity contribution in [3.63, 3.8) is 0 Å². The van der Waals surface area contributed by atoms with Crippen LogP contribution in [0.15, 0.2) is 48.5 Å². The highest BCUT2D eigenvalue weighted by Crippen LogP contribution is 2.20. The monoisotopic (exact) mass is 304 g/mol. The number of benzene rings is 2. The average Bonchev–Trinajstić information content (AvgIpc) is 2.48. The zero-order valence-corrected chi connectivity index (χ0v) is 12.0. The number of aromatic carboxylic acids is 1. The number of carbonyl (C=O) groups excluding carboxylic acids is 1. The fourth-order valence-electron chi connectivity index (χ4n) is 1.80. The molecule has 0 fully saturated rings. The number of hydrogen-bond acceptors (Lipinski definition) is 2. The van der Waals surface area contributed by atoms with Crippen LogP contribution in [0.2, 0.25) is 5.02 Å². The number of carbonyl (C=O) groups is 2. The summed E-state index contributed by atoms with van der Waals surface area (Å²) in [5.74, 6) is -1.09. The van der Waals surface area contributed by atoms with Crippen LogP contribution in [-0.4, -0.2) is 24.2 Å². The van der Waals surface area contributed by atoms with Gasteiger partial charge in [-0.3, -0.25) is 4.90 Å². The minimum absolute atomic E-state index is 0.0613. The summed E-state index contributed by atoms with van der Waals surface area (Å²) in [6.45, 7) is 0. The summed E-state index contributed by atoms with van der Waals surface area (Å²) < 4.78 is 0. The van der Waals surface area contributed by atoms with E-state index in [0.29, 0.717) is 16.4 Å². The summed E-state index contributed by atoms with van der Waals surface area (Å²) >= 11 is 5.77. The molecule has 2 aromatic rings. The Morgan fingerprint density at radius 3 is 2.33 bits per heavy atom. The molecule has 0 aliphatic carbocycles. The molecule has 108 valence electrons. The molecule has 2 amide bonds. The van der Waals surface area contributed by atoms with Gasteiger partial charge in [-0.2, -0.15) is 0 Å². The molecule has 0 unspecified atom stereocenters. The molecular weight excluding hydrogens is 292 g/mol. The second-order valence-corrected chi connectivity index (χ2v) is 4.75. The number of hydrogen-bond donors (Lipinski definition) is 2. The molecule has 0 bridgehead atoms. The standard InChI is InChI=1S/C15H13ClN2O3/c1-18(13-5-3-2-4-12(13)14(19)20)15(21)17-11-8-6-10(16)7-9-11/h2-9H,1H3,(H,17,21)(H,19,20). The third-order valence-electron chi connectivity index (χ3n) is 2.90. The smallest absolute Gasteiger partial charge is 0.337 e. The molecule has 0 aliphatic rings. The Morgan fingerprint density at radius 2 is 1.71 bits per heavy atom. The van der Waals surface area contributed by atoms with Gasteiger partial charge in [-0.25, -0.2) is 9.59 Å². The van der Waals surface area contributed by atoms with Gasteiger partial charge in [0.1, 0.15) is 0 Å². The second-order valence-electron chi connectivity index (χ2n) is 4.32. The minimum Gasteiger partial charge on any atom is -0.478 e. The first kappa shape index (κ1) is 14.9. The maximum Gasteiger partial charge on any atom is 0.337 e. The van der Waals surface area contributed by atoms with Crippen molar-refractivity contribution in [2.24, 2.45) is 0 Å². The zero-order valence-electron chi connectivity index (χ0n) is 11.2. The van der Waals surface area contributed by atoms with E-state index in [1.165, 1.54) is 18.0 Å². The van der Waals surface area contributed by atoms with Crippen molar-refractivity contribution in [1.82, 2.24) is 0 Å². The van der Waals surface area contributed by atoms with Crippen LogP contribution in [0.3, 0.4) is 0 Å². The van der Waals surface area contributed by atoms with Crippen LogP contribution in [0.25, 0.3) is 0 Å². The number of urea groups is 1. The molecule has 2 N–H and O–H groups in total. The molecule has 0 aromatic heterocycles. The van der Waals surface area contributed by atoms with Crippen molar-refractivity contribution in [2.75, 3.05) is 17.3 Å². The lowest BCUT2D eigenvalue weighted by Gasteiger charge is -2.19. The van der Waals surface area contributed by atoms with Gasteiger partial charge in [0.05, 0.1) is 11.3 Å². The minimum atomic E-state index is -1.09. The molecule has 2 rings (SSSR count). The Balaban J connectivity index is 2.20. The lowest BCUT2D eigenvalue weighted by molar-refractivity contribution is 0.0697. The number of nitrogens with zero attached hydrogens (tertiary/aromatic N) is 1. The van der Waals surface area contributed by atoms with Crippen molar-refractivity contribution < 1.29 is 14.7 Å². The van der Waals surface area contributed by atoms with Crippen LogP contribution in [-0.2, 0) is 0 Å². The first-order valence-electron chi connectivity index (χ1n) is 6.11. The van der Waals surface area contributed by atoms with Crippen molar-refractivity contribution in [3.05, 3.63) is 59.1 Å². The molecule has 0 heterocycles. The van der Waals surface area contributed by atoms with Crippen molar-refractivity contribution in [3.8, 4) is 0 Å². The predicted octanol–water partition coefficient (Wildman–Crippen LogP) is 3.71. The van der Waals surface area contributed by atoms with E-state index in [9.17, 15) is 9.59 Å². The van der Waals surface area contributed by atoms with Gasteiger partial charge in [0.15, 0.2) is 0 Å². The zero-order chi connectivity index (χ0) is 15.4. The molecule has 0 saturated heterocycles. The Hall–Kier alpha value is -2.53. The summed E-state index contributed by atoms with van der Waals surface area (Å²) in [7, 11) is 1.51. The predicted molar refractivity (Wildman–Crippen MR) is 82.3 cm³/mol. The van der Waals surface area contributed by atoms with Crippen LogP contribution >= 0.6 is 11.6 Å². The molecule has 0 spiro atoms. The van der Waals surface area contributed by atoms with Gasteiger partial charge in [0.2, 0.25) is 0 Å². The van der Waals surface area contributed by atoms with E-state index in [1.807, 2.05) is 0 Å². The Morgan fingerprint density at radius 1 is 1.10 bits per heavy atom. The number of anilines is 2. The third kappa shape index (κ3) is 3.52. The number of carboxylic acid groups (broad SMARTS) is 1. The summed E-state index contributed by atoms with van der Waals surface area (Å²) in [5, 5.41) is 12.4. The molecule has 0 saturated carbocycles. The fraction of sp³-hybridized carbons (Fsp3) is 0.0667. The Kier molecular flexibility index (Phi) is 4.45. The van der Waals surface area contributed by atoms with Gasteiger partial charge < -0.3 is 10.4 Å². The summed E-state index contributed by atoms with van der Waals surface area (Å²) in [6, 6.07) is 12.5. The van der Waals surface area contributed by atoms with E-state index in [4.69, 9.17) is 16.7 Å². The van der Waals surface area contributed by atoms with Crippen LogP contribution in [0, 0.1) is 0 Å². The topological polar surface area (TPSA) is 69.6 Å². The molecule has 5 nitrogen and oxygen atoms in total. The second kappa shape index (κ2) is 6.28.